The van der Waals surface area contributed by atoms with Gasteiger partial charge in [-0.25, -0.2) is 4.98 Å². The lowest BCUT2D eigenvalue weighted by Crippen LogP contribution is -1.99. The van der Waals surface area contributed by atoms with Crippen LogP contribution in [-0.4, -0.2) is 12.1 Å². The van der Waals surface area contributed by atoms with E-state index in [2.05, 4.69) is 36.2 Å². The van der Waals surface area contributed by atoms with E-state index in [4.69, 9.17) is 10.5 Å². The second-order valence-electron chi connectivity index (χ2n) is 4.22. The summed E-state index contributed by atoms with van der Waals surface area (Å²) >= 11 is 3.49. The topological polar surface area (TPSA) is 48.1 Å². The second-order valence-corrected chi connectivity index (χ2v) is 6.44. The minimum absolute atomic E-state index is 0.533. The van der Waals surface area contributed by atoms with Crippen LogP contribution in [0.5, 0.6) is 0 Å². The van der Waals surface area contributed by atoms with E-state index >= 15 is 0 Å². The van der Waals surface area contributed by atoms with Crippen molar-refractivity contribution in [3.05, 3.63) is 45.4 Å². The SMILES string of the molecule is COCc1nc(CSc2cccc(C)c2)sc1CN. The molecule has 2 aromatic rings. The molecule has 0 aliphatic rings. The summed E-state index contributed by atoms with van der Waals surface area (Å²) in [7, 11) is 1.68. The predicted molar refractivity (Wildman–Crippen MR) is 81.5 cm³/mol. The van der Waals surface area contributed by atoms with Crippen LogP contribution in [0.3, 0.4) is 0 Å². The fraction of sp³-hybridized carbons (Fsp3) is 0.357. The molecule has 2 N–H and O–H groups in total. The summed E-state index contributed by atoms with van der Waals surface area (Å²) in [6.07, 6.45) is 0. The molecule has 102 valence electrons. The van der Waals surface area contributed by atoms with Gasteiger partial charge in [-0.15, -0.1) is 23.1 Å². The minimum atomic E-state index is 0.533. The van der Waals surface area contributed by atoms with Gasteiger partial charge in [0.15, 0.2) is 0 Å². The molecule has 2 rings (SSSR count). The Morgan fingerprint density at radius 2 is 2.26 bits per heavy atom. The third-order valence-electron chi connectivity index (χ3n) is 2.64. The predicted octanol–water partition coefficient (Wildman–Crippen LogP) is 3.35. The number of hydrogen-bond acceptors (Lipinski definition) is 5. The summed E-state index contributed by atoms with van der Waals surface area (Å²) in [5, 5.41) is 1.11. The van der Waals surface area contributed by atoms with E-state index in [9.17, 15) is 0 Å². The normalized spacial score (nSPS) is 10.9. The van der Waals surface area contributed by atoms with Crippen LogP contribution in [0.1, 0.15) is 21.1 Å². The Kier molecular flexibility index (Phi) is 5.39. The first kappa shape index (κ1) is 14.5. The van der Waals surface area contributed by atoms with E-state index in [1.165, 1.54) is 10.5 Å². The van der Waals surface area contributed by atoms with Crippen LogP contribution in [0.25, 0.3) is 0 Å². The lowest BCUT2D eigenvalue weighted by Gasteiger charge is -2.00. The van der Waals surface area contributed by atoms with E-state index < -0.39 is 0 Å². The molecular weight excluding hydrogens is 276 g/mol. The van der Waals surface area contributed by atoms with Gasteiger partial charge in [-0.1, -0.05) is 17.7 Å². The van der Waals surface area contributed by atoms with E-state index in [0.29, 0.717) is 13.2 Å². The Hall–Kier alpha value is -0.880. The summed E-state index contributed by atoms with van der Waals surface area (Å²) < 4.78 is 5.14. The average molecular weight is 294 g/mol. The Labute approximate surface area is 122 Å². The van der Waals surface area contributed by atoms with Crippen molar-refractivity contribution >= 4 is 23.1 Å². The van der Waals surface area contributed by atoms with Crippen molar-refractivity contribution in [3.63, 3.8) is 0 Å². The molecule has 0 aliphatic heterocycles. The molecule has 0 spiro atoms. The third-order valence-corrected chi connectivity index (χ3v) is 4.95. The van der Waals surface area contributed by atoms with Crippen LogP contribution in [0.2, 0.25) is 0 Å². The van der Waals surface area contributed by atoms with Gasteiger partial charge in [0, 0.05) is 23.4 Å². The maximum absolute atomic E-state index is 5.73. The first-order valence-corrected chi connectivity index (χ1v) is 7.89. The fourth-order valence-corrected chi connectivity index (χ4v) is 3.71. The van der Waals surface area contributed by atoms with Crippen LogP contribution in [-0.2, 0) is 23.6 Å². The maximum Gasteiger partial charge on any atom is 0.104 e. The Morgan fingerprint density at radius 1 is 1.42 bits per heavy atom. The molecule has 0 saturated heterocycles. The van der Waals surface area contributed by atoms with Crippen LogP contribution < -0.4 is 5.73 Å². The van der Waals surface area contributed by atoms with Gasteiger partial charge in [0.25, 0.3) is 0 Å². The number of nitrogens with two attached hydrogens (primary N) is 1. The minimum Gasteiger partial charge on any atom is -0.378 e. The fourth-order valence-electron chi connectivity index (χ4n) is 1.76. The molecule has 19 heavy (non-hydrogen) atoms. The lowest BCUT2D eigenvalue weighted by atomic mass is 10.2. The summed E-state index contributed by atoms with van der Waals surface area (Å²) in [5.74, 6) is 0.880. The molecule has 0 saturated carbocycles. The van der Waals surface area contributed by atoms with Gasteiger partial charge in [-0.3, -0.25) is 0 Å². The lowest BCUT2D eigenvalue weighted by molar-refractivity contribution is 0.181. The molecule has 3 nitrogen and oxygen atoms in total. The second kappa shape index (κ2) is 7.05. The summed E-state index contributed by atoms with van der Waals surface area (Å²) in [5.41, 5.74) is 7.99. The number of methoxy groups -OCH3 is 1. The van der Waals surface area contributed by atoms with Crippen molar-refractivity contribution in [2.24, 2.45) is 5.73 Å². The molecule has 0 radical (unpaired) electrons. The maximum atomic E-state index is 5.73. The van der Waals surface area contributed by atoms with Gasteiger partial charge in [0.05, 0.1) is 18.1 Å². The number of rotatable bonds is 6. The molecule has 0 atom stereocenters. The largest absolute Gasteiger partial charge is 0.378 e. The number of thioether (sulfide) groups is 1. The molecule has 1 aromatic carbocycles. The standard InChI is InChI=1S/C14H18N2OS2/c1-10-4-3-5-11(6-10)18-9-14-16-12(8-17-2)13(7-15)19-14/h3-6H,7-9,15H2,1-2H3. The van der Waals surface area contributed by atoms with Gasteiger partial charge >= 0.3 is 0 Å². The molecule has 0 unspecified atom stereocenters. The Morgan fingerprint density at radius 3 is 2.95 bits per heavy atom. The number of ether oxygens (including phenoxy) is 1. The van der Waals surface area contributed by atoms with Gasteiger partial charge < -0.3 is 10.5 Å². The smallest absolute Gasteiger partial charge is 0.104 e. The molecule has 5 heteroatoms. The highest BCUT2D eigenvalue weighted by Gasteiger charge is 2.10. The van der Waals surface area contributed by atoms with Crippen LogP contribution in [0.4, 0.5) is 0 Å². The first-order valence-electron chi connectivity index (χ1n) is 6.09. The summed E-state index contributed by atoms with van der Waals surface area (Å²) in [6.45, 7) is 3.18. The molecule has 1 aromatic heterocycles. The zero-order valence-electron chi connectivity index (χ0n) is 11.2. The molecule has 0 aliphatic carbocycles. The highest BCUT2D eigenvalue weighted by atomic mass is 32.2. The van der Waals surface area contributed by atoms with Crippen molar-refractivity contribution in [3.8, 4) is 0 Å². The van der Waals surface area contributed by atoms with Gasteiger partial charge in [-0.2, -0.15) is 0 Å². The first-order chi connectivity index (χ1) is 9.22. The van der Waals surface area contributed by atoms with E-state index in [-0.39, 0.29) is 0 Å². The number of thiazole rings is 1. The Balaban J connectivity index is 2.03. The highest BCUT2D eigenvalue weighted by molar-refractivity contribution is 7.98. The number of aromatic nitrogens is 1. The van der Waals surface area contributed by atoms with Crippen LogP contribution in [0.15, 0.2) is 29.2 Å². The third kappa shape index (κ3) is 4.04. The number of nitrogens with zero attached hydrogens (tertiary/aromatic N) is 1. The average Bonchev–Trinajstić information content (AvgIpc) is 2.79. The molecule has 1 heterocycles. The van der Waals surface area contributed by atoms with Gasteiger partial charge in [0.2, 0.25) is 0 Å². The summed E-state index contributed by atoms with van der Waals surface area (Å²) in [4.78, 5) is 7.00. The molecule has 0 bridgehead atoms. The van der Waals surface area contributed by atoms with Gasteiger partial charge in [0.1, 0.15) is 5.01 Å². The van der Waals surface area contributed by atoms with E-state index in [1.54, 1.807) is 30.2 Å². The quantitative estimate of drug-likeness (QED) is 0.830. The van der Waals surface area contributed by atoms with E-state index in [0.717, 1.165) is 21.3 Å². The molecule has 0 fully saturated rings. The van der Waals surface area contributed by atoms with Crippen molar-refractivity contribution < 1.29 is 4.74 Å². The Bertz CT molecular complexity index is 540. The van der Waals surface area contributed by atoms with Crippen molar-refractivity contribution in [1.29, 1.82) is 0 Å². The van der Waals surface area contributed by atoms with Crippen LogP contribution in [0, 0.1) is 6.92 Å². The summed E-state index contributed by atoms with van der Waals surface area (Å²) in [6, 6.07) is 8.52. The van der Waals surface area contributed by atoms with Crippen molar-refractivity contribution in [2.45, 2.75) is 30.7 Å². The molecule has 0 amide bonds. The van der Waals surface area contributed by atoms with Crippen LogP contribution >= 0.6 is 23.1 Å². The molecular formula is C14H18N2OS2. The number of hydrogen-bond donors (Lipinski definition) is 1. The van der Waals surface area contributed by atoms with E-state index in [1.807, 2.05) is 0 Å². The monoisotopic (exact) mass is 294 g/mol. The zero-order chi connectivity index (χ0) is 13.7. The number of aryl methyl sites for hydroxylation is 1. The highest BCUT2D eigenvalue weighted by Crippen LogP contribution is 2.27. The van der Waals surface area contributed by atoms with Crippen molar-refractivity contribution in [1.82, 2.24) is 4.98 Å². The van der Waals surface area contributed by atoms with Crippen molar-refractivity contribution in [2.75, 3.05) is 7.11 Å². The van der Waals surface area contributed by atoms with Gasteiger partial charge in [-0.05, 0) is 19.1 Å². The zero-order valence-corrected chi connectivity index (χ0v) is 12.8. The number of benzene rings is 1.